The Balaban J connectivity index is 2.25. The zero-order valence-electron chi connectivity index (χ0n) is 13.8. The lowest BCUT2D eigenvalue weighted by atomic mass is 9.83. The van der Waals surface area contributed by atoms with Crippen LogP contribution < -0.4 is 4.74 Å². The Bertz CT molecular complexity index is 786. The molecule has 0 aromatic heterocycles. The van der Waals surface area contributed by atoms with Gasteiger partial charge in [0.1, 0.15) is 11.4 Å². The summed E-state index contributed by atoms with van der Waals surface area (Å²) >= 11 is 0. The molecule has 0 aliphatic carbocycles. The van der Waals surface area contributed by atoms with Crippen LogP contribution in [0.5, 0.6) is 5.75 Å². The lowest BCUT2D eigenvalue weighted by Gasteiger charge is -2.36. The molecule has 0 saturated heterocycles. The number of hydrogen-bond acceptors (Lipinski definition) is 3. The number of rotatable bonds is 2. The van der Waals surface area contributed by atoms with Crippen molar-refractivity contribution in [2.24, 2.45) is 0 Å². The lowest BCUT2D eigenvalue weighted by Crippen LogP contribution is -2.33. The number of carbonyl (C=O) groups excluding carboxylic acids is 1. The van der Waals surface area contributed by atoms with Crippen molar-refractivity contribution >= 4 is 11.5 Å². The summed E-state index contributed by atoms with van der Waals surface area (Å²) in [6.07, 6.45) is 0. The van der Waals surface area contributed by atoms with E-state index < -0.39 is 5.60 Å². The maximum Gasteiger partial charge on any atom is 0.337 e. The van der Waals surface area contributed by atoms with E-state index in [1.807, 2.05) is 30.3 Å². The van der Waals surface area contributed by atoms with Gasteiger partial charge in [0.05, 0.1) is 12.7 Å². The number of methoxy groups -OCH3 is 1. The average Bonchev–Trinajstić information content (AvgIpc) is 2.55. The van der Waals surface area contributed by atoms with Gasteiger partial charge in [-0.05, 0) is 55.7 Å². The molecule has 3 rings (SSSR count). The fraction of sp³-hybridized carbons (Fsp3) is 0.250. The van der Waals surface area contributed by atoms with E-state index in [0.29, 0.717) is 5.56 Å². The van der Waals surface area contributed by atoms with E-state index in [0.717, 1.165) is 28.0 Å². The molecular formula is C20H20O3. The molecule has 0 bridgehead atoms. The normalized spacial score (nSPS) is 15.7. The highest BCUT2D eigenvalue weighted by Gasteiger charge is 2.33. The quantitative estimate of drug-likeness (QED) is 0.768. The van der Waals surface area contributed by atoms with Crippen molar-refractivity contribution in [1.82, 2.24) is 0 Å². The minimum Gasteiger partial charge on any atom is -0.483 e. The van der Waals surface area contributed by atoms with Crippen molar-refractivity contribution in [3.63, 3.8) is 0 Å². The van der Waals surface area contributed by atoms with Crippen LogP contribution in [0.4, 0.5) is 0 Å². The third-order valence-corrected chi connectivity index (χ3v) is 4.38. The highest BCUT2D eigenvalue weighted by atomic mass is 16.5. The number of carbonyl (C=O) groups is 1. The van der Waals surface area contributed by atoms with Crippen LogP contribution in [0.2, 0.25) is 0 Å². The van der Waals surface area contributed by atoms with E-state index in [-0.39, 0.29) is 5.97 Å². The van der Waals surface area contributed by atoms with Crippen LogP contribution in [0.1, 0.15) is 42.3 Å². The topological polar surface area (TPSA) is 35.5 Å². The first-order chi connectivity index (χ1) is 10.9. The van der Waals surface area contributed by atoms with Crippen molar-refractivity contribution in [1.29, 1.82) is 0 Å². The molecule has 1 aliphatic heterocycles. The Hall–Kier alpha value is -2.55. The van der Waals surface area contributed by atoms with Crippen LogP contribution in [-0.2, 0) is 4.74 Å². The Morgan fingerprint density at radius 2 is 1.78 bits per heavy atom. The summed E-state index contributed by atoms with van der Waals surface area (Å²) in [5.41, 5.74) is 4.42. The Morgan fingerprint density at radius 3 is 2.43 bits per heavy atom. The lowest BCUT2D eigenvalue weighted by molar-refractivity contribution is 0.0600. The first-order valence-electron chi connectivity index (χ1n) is 7.62. The smallest absolute Gasteiger partial charge is 0.337 e. The molecule has 0 amide bonds. The first kappa shape index (κ1) is 15.3. The maximum atomic E-state index is 11.9. The molecule has 0 N–H and O–H groups in total. The van der Waals surface area contributed by atoms with E-state index in [2.05, 4.69) is 32.9 Å². The van der Waals surface area contributed by atoms with E-state index in [4.69, 9.17) is 9.47 Å². The average molecular weight is 308 g/mol. The molecule has 0 unspecified atom stereocenters. The van der Waals surface area contributed by atoms with Gasteiger partial charge in [0.2, 0.25) is 0 Å². The maximum absolute atomic E-state index is 11.9. The van der Waals surface area contributed by atoms with Gasteiger partial charge in [0, 0.05) is 5.56 Å². The number of fused-ring (bicyclic) bond motifs is 1. The Kier molecular flexibility index (Phi) is 3.72. The third kappa shape index (κ3) is 2.63. The van der Waals surface area contributed by atoms with Crippen LogP contribution >= 0.6 is 0 Å². The van der Waals surface area contributed by atoms with Gasteiger partial charge in [-0.15, -0.1) is 0 Å². The summed E-state index contributed by atoms with van der Waals surface area (Å²) in [5, 5.41) is 0. The largest absolute Gasteiger partial charge is 0.483 e. The number of benzene rings is 2. The van der Waals surface area contributed by atoms with Gasteiger partial charge in [-0.2, -0.15) is 0 Å². The molecule has 0 fully saturated rings. The standard InChI is InChI=1S/C20H20O3/c1-13-18(14-8-6-5-7-9-14)16-12-15(19(21)22-4)10-11-17(16)23-20(13,2)3/h5-12H,1-4H3. The van der Waals surface area contributed by atoms with Gasteiger partial charge >= 0.3 is 5.97 Å². The number of hydrogen-bond donors (Lipinski definition) is 0. The molecule has 3 heteroatoms. The van der Waals surface area contributed by atoms with E-state index >= 15 is 0 Å². The Labute approximate surface area is 136 Å². The van der Waals surface area contributed by atoms with Gasteiger partial charge in [0.25, 0.3) is 0 Å². The van der Waals surface area contributed by atoms with E-state index in [1.165, 1.54) is 7.11 Å². The van der Waals surface area contributed by atoms with Crippen molar-refractivity contribution in [2.45, 2.75) is 26.4 Å². The monoisotopic (exact) mass is 308 g/mol. The SMILES string of the molecule is COC(=O)c1ccc2c(c1)C(c1ccccc1)=C(C)C(C)(C)O2. The number of ether oxygens (including phenoxy) is 2. The summed E-state index contributed by atoms with van der Waals surface area (Å²) in [6.45, 7) is 6.20. The second-order valence-electron chi connectivity index (χ2n) is 6.18. The molecular weight excluding hydrogens is 288 g/mol. The molecule has 118 valence electrons. The summed E-state index contributed by atoms with van der Waals surface area (Å²) in [5.74, 6) is 0.440. The van der Waals surface area contributed by atoms with Gasteiger partial charge in [-0.3, -0.25) is 0 Å². The summed E-state index contributed by atoms with van der Waals surface area (Å²) < 4.78 is 11.0. The molecule has 0 spiro atoms. The molecule has 1 aliphatic rings. The van der Waals surface area contributed by atoms with E-state index in [9.17, 15) is 4.79 Å². The van der Waals surface area contributed by atoms with Crippen molar-refractivity contribution in [2.75, 3.05) is 7.11 Å². The Morgan fingerprint density at radius 1 is 1.09 bits per heavy atom. The molecule has 0 saturated carbocycles. The minimum atomic E-state index is -0.398. The molecule has 2 aromatic rings. The van der Waals surface area contributed by atoms with Crippen LogP contribution in [0.25, 0.3) is 5.57 Å². The fourth-order valence-corrected chi connectivity index (χ4v) is 2.89. The van der Waals surface area contributed by atoms with Crippen LogP contribution in [-0.4, -0.2) is 18.7 Å². The minimum absolute atomic E-state index is 0.345. The van der Waals surface area contributed by atoms with Crippen LogP contribution in [0.3, 0.4) is 0 Å². The molecule has 3 nitrogen and oxygen atoms in total. The summed E-state index contributed by atoms with van der Waals surface area (Å²) in [7, 11) is 1.39. The molecule has 1 heterocycles. The second-order valence-corrected chi connectivity index (χ2v) is 6.18. The fourth-order valence-electron chi connectivity index (χ4n) is 2.89. The van der Waals surface area contributed by atoms with Crippen LogP contribution in [0.15, 0.2) is 54.1 Å². The van der Waals surface area contributed by atoms with Crippen molar-refractivity contribution in [3.05, 3.63) is 70.8 Å². The summed E-state index contributed by atoms with van der Waals surface area (Å²) in [6, 6.07) is 15.6. The van der Waals surface area contributed by atoms with Gasteiger partial charge in [-0.25, -0.2) is 4.79 Å². The molecule has 23 heavy (non-hydrogen) atoms. The van der Waals surface area contributed by atoms with Gasteiger partial charge < -0.3 is 9.47 Å². The summed E-state index contributed by atoms with van der Waals surface area (Å²) in [4.78, 5) is 11.9. The van der Waals surface area contributed by atoms with Crippen LogP contribution in [0, 0.1) is 0 Å². The van der Waals surface area contributed by atoms with E-state index in [1.54, 1.807) is 6.07 Å². The van der Waals surface area contributed by atoms with Crippen molar-refractivity contribution < 1.29 is 14.3 Å². The highest BCUT2D eigenvalue weighted by molar-refractivity contribution is 5.94. The van der Waals surface area contributed by atoms with Gasteiger partial charge in [-0.1, -0.05) is 30.3 Å². The molecule has 0 atom stereocenters. The predicted octanol–water partition coefficient (Wildman–Crippen LogP) is 4.47. The zero-order chi connectivity index (χ0) is 16.6. The predicted molar refractivity (Wildman–Crippen MR) is 90.6 cm³/mol. The molecule has 0 radical (unpaired) electrons. The first-order valence-corrected chi connectivity index (χ1v) is 7.62. The second kappa shape index (κ2) is 5.58. The van der Waals surface area contributed by atoms with Crippen molar-refractivity contribution in [3.8, 4) is 5.75 Å². The number of esters is 1. The zero-order valence-corrected chi connectivity index (χ0v) is 13.8. The molecule has 2 aromatic carbocycles. The third-order valence-electron chi connectivity index (χ3n) is 4.38. The highest BCUT2D eigenvalue weighted by Crippen LogP contribution is 2.43. The van der Waals surface area contributed by atoms with Gasteiger partial charge in [0.15, 0.2) is 0 Å².